The number of benzene rings is 2. The van der Waals surface area contributed by atoms with Crippen molar-refractivity contribution < 1.29 is 14.3 Å². The molecular weight excluding hydrogens is 328 g/mol. The van der Waals surface area contributed by atoms with E-state index in [0.717, 1.165) is 25.0 Å². The number of amides is 2. The van der Waals surface area contributed by atoms with Crippen LogP contribution in [-0.2, 0) is 9.59 Å². The van der Waals surface area contributed by atoms with Gasteiger partial charge in [0.2, 0.25) is 11.8 Å². The van der Waals surface area contributed by atoms with Gasteiger partial charge in [0.05, 0.1) is 6.54 Å². The molecular formula is C21H26N2O3. The molecule has 2 aromatic carbocycles. The molecule has 1 N–H and O–H groups in total. The summed E-state index contributed by atoms with van der Waals surface area (Å²) in [6.07, 6.45) is 3.04. The summed E-state index contributed by atoms with van der Waals surface area (Å²) in [4.78, 5) is 25.5. The van der Waals surface area contributed by atoms with Crippen molar-refractivity contribution in [2.75, 3.05) is 18.4 Å². The molecule has 5 nitrogen and oxygen atoms in total. The van der Waals surface area contributed by atoms with Crippen molar-refractivity contribution in [2.24, 2.45) is 0 Å². The van der Waals surface area contributed by atoms with Crippen LogP contribution in [0.2, 0.25) is 0 Å². The Hall–Kier alpha value is -2.82. The molecule has 26 heavy (non-hydrogen) atoms. The van der Waals surface area contributed by atoms with Gasteiger partial charge in [0.15, 0.2) is 0 Å². The number of carbonyl (C=O) groups excluding carboxylic acids is 2. The monoisotopic (exact) mass is 354 g/mol. The molecule has 0 unspecified atom stereocenters. The number of nitrogens with one attached hydrogen (secondary N) is 1. The lowest BCUT2D eigenvalue weighted by Crippen LogP contribution is -2.37. The van der Waals surface area contributed by atoms with E-state index in [1.807, 2.05) is 30.3 Å². The van der Waals surface area contributed by atoms with Gasteiger partial charge in [-0.15, -0.1) is 0 Å². The standard InChI is InChI=1S/C21H26N2O3/c1-3-4-8-15-23(17(2)24)16-21(25)22-18-11-13-20(14-12-18)26-19-9-6-5-7-10-19/h5-7,9-14H,3-4,8,15-16H2,1-2H3,(H,22,25). The third-order valence-corrected chi connectivity index (χ3v) is 3.93. The van der Waals surface area contributed by atoms with Crippen molar-refractivity contribution in [3.8, 4) is 11.5 Å². The Morgan fingerprint density at radius 1 is 0.962 bits per heavy atom. The van der Waals surface area contributed by atoms with E-state index in [2.05, 4.69) is 12.2 Å². The summed E-state index contributed by atoms with van der Waals surface area (Å²) < 4.78 is 5.72. The van der Waals surface area contributed by atoms with Crippen LogP contribution in [0.5, 0.6) is 11.5 Å². The van der Waals surface area contributed by atoms with Crippen molar-refractivity contribution in [2.45, 2.75) is 33.1 Å². The zero-order valence-electron chi connectivity index (χ0n) is 15.4. The van der Waals surface area contributed by atoms with Crippen molar-refractivity contribution in [1.82, 2.24) is 4.90 Å². The van der Waals surface area contributed by atoms with E-state index < -0.39 is 0 Å². The number of para-hydroxylation sites is 1. The second kappa shape index (κ2) is 10.2. The molecule has 0 saturated heterocycles. The smallest absolute Gasteiger partial charge is 0.243 e. The molecule has 0 aliphatic rings. The Labute approximate surface area is 155 Å². The molecule has 5 heteroatoms. The van der Waals surface area contributed by atoms with Crippen LogP contribution in [0.15, 0.2) is 54.6 Å². The van der Waals surface area contributed by atoms with Gasteiger partial charge in [-0.25, -0.2) is 0 Å². The largest absolute Gasteiger partial charge is 0.457 e. The Balaban J connectivity index is 1.87. The highest BCUT2D eigenvalue weighted by Crippen LogP contribution is 2.22. The van der Waals surface area contributed by atoms with E-state index in [9.17, 15) is 9.59 Å². The summed E-state index contributed by atoms with van der Waals surface area (Å²) in [5.74, 6) is 1.17. The van der Waals surface area contributed by atoms with Gasteiger partial charge in [-0.2, -0.15) is 0 Å². The maximum Gasteiger partial charge on any atom is 0.243 e. The molecule has 0 atom stereocenters. The van der Waals surface area contributed by atoms with Gasteiger partial charge >= 0.3 is 0 Å². The zero-order valence-corrected chi connectivity index (χ0v) is 15.4. The van der Waals surface area contributed by atoms with E-state index >= 15 is 0 Å². The minimum atomic E-state index is -0.201. The number of anilines is 1. The van der Waals surface area contributed by atoms with Gasteiger partial charge in [-0.1, -0.05) is 38.0 Å². The van der Waals surface area contributed by atoms with Crippen LogP contribution in [0.3, 0.4) is 0 Å². The van der Waals surface area contributed by atoms with Crippen LogP contribution in [0.4, 0.5) is 5.69 Å². The lowest BCUT2D eigenvalue weighted by Gasteiger charge is -2.20. The molecule has 0 bridgehead atoms. The van der Waals surface area contributed by atoms with E-state index in [1.165, 1.54) is 6.92 Å². The van der Waals surface area contributed by atoms with E-state index in [-0.39, 0.29) is 18.4 Å². The zero-order chi connectivity index (χ0) is 18.8. The average Bonchev–Trinajstić information content (AvgIpc) is 2.63. The van der Waals surface area contributed by atoms with Gasteiger partial charge in [-0.05, 0) is 42.8 Å². The quantitative estimate of drug-likeness (QED) is 0.677. The summed E-state index contributed by atoms with van der Waals surface area (Å²) in [7, 11) is 0. The fraction of sp³-hybridized carbons (Fsp3) is 0.333. The van der Waals surface area contributed by atoms with Crippen LogP contribution in [0, 0.1) is 0 Å². The molecule has 0 fully saturated rings. The molecule has 2 rings (SSSR count). The van der Waals surface area contributed by atoms with Gasteiger partial charge in [0, 0.05) is 19.2 Å². The third-order valence-electron chi connectivity index (χ3n) is 3.93. The Morgan fingerprint density at radius 2 is 1.62 bits per heavy atom. The first-order chi connectivity index (χ1) is 12.6. The summed E-state index contributed by atoms with van der Waals surface area (Å²) in [5.41, 5.74) is 0.674. The second-order valence-electron chi connectivity index (χ2n) is 6.14. The van der Waals surface area contributed by atoms with Gasteiger partial charge in [-0.3, -0.25) is 9.59 Å². The summed E-state index contributed by atoms with van der Waals surface area (Å²) in [6, 6.07) is 16.7. The van der Waals surface area contributed by atoms with Crippen molar-refractivity contribution in [3.05, 3.63) is 54.6 Å². The van der Waals surface area contributed by atoms with Crippen molar-refractivity contribution >= 4 is 17.5 Å². The molecule has 0 spiro atoms. The highest BCUT2D eigenvalue weighted by Gasteiger charge is 2.13. The normalized spacial score (nSPS) is 10.2. The maximum absolute atomic E-state index is 12.2. The second-order valence-corrected chi connectivity index (χ2v) is 6.14. The average molecular weight is 354 g/mol. The molecule has 0 aromatic heterocycles. The topological polar surface area (TPSA) is 58.6 Å². The number of hydrogen-bond donors (Lipinski definition) is 1. The van der Waals surface area contributed by atoms with Crippen molar-refractivity contribution in [3.63, 3.8) is 0 Å². The maximum atomic E-state index is 12.2. The fourth-order valence-corrected chi connectivity index (χ4v) is 2.51. The summed E-state index contributed by atoms with van der Waals surface area (Å²) in [6.45, 7) is 4.28. The Morgan fingerprint density at radius 3 is 2.23 bits per heavy atom. The predicted molar refractivity (Wildman–Crippen MR) is 103 cm³/mol. The minimum Gasteiger partial charge on any atom is -0.457 e. The molecule has 0 aliphatic carbocycles. The molecule has 0 aliphatic heterocycles. The molecule has 0 saturated carbocycles. The first-order valence-corrected chi connectivity index (χ1v) is 8.97. The van der Waals surface area contributed by atoms with Crippen LogP contribution in [0.25, 0.3) is 0 Å². The summed E-state index contributed by atoms with van der Waals surface area (Å²) >= 11 is 0. The number of unbranched alkanes of at least 4 members (excludes halogenated alkanes) is 2. The van der Waals surface area contributed by atoms with Crippen LogP contribution < -0.4 is 10.1 Å². The number of carbonyl (C=O) groups is 2. The number of rotatable bonds is 9. The number of nitrogens with zero attached hydrogens (tertiary/aromatic N) is 1. The Bertz CT molecular complexity index is 699. The minimum absolute atomic E-state index is 0.0707. The number of ether oxygens (including phenoxy) is 1. The molecule has 2 amide bonds. The van der Waals surface area contributed by atoms with Gasteiger partial charge < -0.3 is 15.0 Å². The van der Waals surface area contributed by atoms with Gasteiger partial charge in [0.1, 0.15) is 11.5 Å². The Kier molecular flexibility index (Phi) is 7.68. The van der Waals surface area contributed by atoms with E-state index in [0.29, 0.717) is 18.0 Å². The summed E-state index contributed by atoms with van der Waals surface area (Å²) in [5, 5.41) is 2.82. The molecule has 2 aromatic rings. The SMILES string of the molecule is CCCCCN(CC(=O)Nc1ccc(Oc2ccccc2)cc1)C(C)=O. The van der Waals surface area contributed by atoms with Crippen LogP contribution >= 0.6 is 0 Å². The number of hydrogen-bond acceptors (Lipinski definition) is 3. The first-order valence-electron chi connectivity index (χ1n) is 8.97. The van der Waals surface area contributed by atoms with Crippen molar-refractivity contribution in [1.29, 1.82) is 0 Å². The van der Waals surface area contributed by atoms with E-state index in [4.69, 9.17) is 4.74 Å². The lowest BCUT2D eigenvalue weighted by molar-refractivity contribution is -0.132. The molecule has 0 radical (unpaired) electrons. The highest BCUT2D eigenvalue weighted by molar-refractivity contribution is 5.94. The molecule has 0 heterocycles. The van der Waals surface area contributed by atoms with E-state index in [1.54, 1.807) is 29.2 Å². The highest BCUT2D eigenvalue weighted by atomic mass is 16.5. The van der Waals surface area contributed by atoms with Crippen LogP contribution in [-0.4, -0.2) is 29.8 Å². The van der Waals surface area contributed by atoms with Crippen LogP contribution in [0.1, 0.15) is 33.1 Å². The molecule has 138 valence electrons. The van der Waals surface area contributed by atoms with Gasteiger partial charge in [0.25, 0.3) is 0 Å². The predicted octanol–water partition coefficient (Wildman–Crippen LogP) is 4.46. The lowest BCUT2D eigenvalue weighted by atomic mass is 10.2. The third kappa shape index (κ3) is 6.59. The fourth-order valence-electron chi connectivity index (χ4n) is 2.51. The first kappa shape index (κ1) is 19.5.